The van der Waals surface area contributed by atoms with Crippen molar-refractivity contribution < 1.29 is 27.4 Å². The number of benzene rings is 2. The summed E-state index contributed by atoms with van der Waals surface area (Å²) in [6, 6.07) is 9.20. The first-order valence-corrected chi connectivity index (χ1v) is 10.8. The number of halogens is 1. The first-order chi connectivity index (χ1) is 13.5. The summed E-state index contributed by atoms with van der Waals surface area (Å²) in [5.41, 5.74) is 3.94. The molecule has 0 spiro atoms. The zero-order valence-electron chi connectivity index (χ0n) is 16.5. The maximum atomic E-state index is 14.4. The molecule has 2 aromatic carbocycles. The van der Waals surface area contributed by atoms with Crippen LogP contribution in [0.15, 0.2) is 46.9 Å². The van der Waals surface area contributed by atoms with Crippen molar-refractivity contribution in [1.82, 2.24) is 0 Å². The number of fused-ring (bicyclic) bond motifs is 1. The monoisotopic (exact) mass is 416 g/mol. The molecule has 0 heterocycles. The molecule has 1 N–H and O–H groups in total. The quantitative estimate of drug-likeness (QED) is 0.787. The summed E-state index contributed by atoms with van der Waals surface area (Å²) in [7, 11) is -1.95. The molecule has 152 valence electrons. The van der Waals surface area contributed by atoms with Crippen LogP contribution in [0.3, 0.4) is 0 Å². The van der Waals surface area contributed by atoms with E-state index < -0.39 is 27.5 Å². The van der Waals surface area contributed by atoms with E-state index in [-0.39, 0.29) is 10.6 Å². The largest absolute Gasteiger partial charge is 0.494 e. The van der Waals surface area contributed by atoms with Crippen molar-refractivity contribution in [2.45, 2.75) is 18.7 Å². The van der Waals surface area contributed by atoms with Crippen LogP contribution in [-0.4, -0.2) is 32.9 Å². The molecule has 0 saturated heterocycles. The lowest BCUT2D eigenvalue weighted by Crippen LogP contribution is -2.11. The smallest absolute Gasteiger partial charge is 0.310 e. The molecule has 0 saturated carbocycles. The van der Waals surface area contributed by atoms with Crippen LogP contribution in [0.4, 0.5) is 4.39 Å². The van der Waals surface area contributed by atoms with Crippen molar-refractivity contribution in [3.8, 4) is 5.75 Å². The molecule has 1 atom stereocenters. The van der Waals surface area contributed by atoms with Gasteiger partial charge in [0.05, 0.1) is 17.9 Å². The van der Waals surface area contributed by atoms with Crippen LogP contribution in [0.1, 0.15) is 30.5 Å². The Morgan fingerprint density at radius 2 is 1.79 bits per heavy atom. The van der Waals surface area contributed by atoms with Gasteiger partial charge < -0.3 is 9.84 Å². The van der Waals surface area contributed by atoms with Crippen molar-refractivity contribution in [2.75, 3.05) is 13.4 Å². The number of methoxy groups -OCH3 is 1. The summed E-state index contributed by atoms with van der Waals surface area (Å²) in [5, 5.41) is 9.53. The topological polar surface area (TPSA) is 80.7 Å². The Hall–Kier alpha value is -2.93. The molecule has 1 aliphatic rings. The van der Waals surface area contributed by atoms with E-state index in [0.717, 1.165) is 17.4 Å². The SMILES string of the molecule is COc1cc2c(cc1F)C(=Cc1ccc(S(C)(=O)=O)cc1)C(C)=C2C(C)C(=O)O. The van der Waals surface area contributed by atoms with E-state index in [4.69, 9.17) is 4.74 Å². The zero-order valence-corrected chi connectivity index (χ0v) is 17.3. The van der Waals surface area contributed by atoms with Gasteiger partial charge in [-0.25, -0.2) is 12.8 Å². The Morgan fingerprint density at radius 3 is 2.31 bits per heavy atom. The maximum absolute atomic E-state index is 14.4. The van der Waals surface area contributed by atoms with Gasteiger partial charge in [0, 0.05) is 6.26 Å². The number of allylic oxidation sites excluding steroid dienone is 2. The number of carbonyl (C=O) groups is 1. The highest BCUT2D eigenvalue weighted by Crippen LogP contribution is 2.47. The number of carboxylic acids is 1. The van der Waals surface area contributed by atoms with Crippen LogP contribution in [0, 0.1) is 11.7 Å². The lowest BCUT2D eigenvalue weighted by atomic mass is 9.93. The molecule has 1 unspecified atom stereocenters. The summed E-state index contributed by atoms with van der Waals surface area (Å²) < 4.78 is 42.8. The third-order valence-corrected chi connectivity index (χ3v) is 6.23. The van der Waals surface area contributed by atoms with E-state index >= 15 is 0 Å². The van der Waals surface area contributed by atoms with Crippen molar-refractivity contribution >= 4 is 33.0 Å². The highest BCUT2D eigenvalue weighted by Gasteiger charge is 2.31. The van der Waals surface area contributed by atoms with Gasteiger partial charge in [-0.3, -0.25) is 4.79 Å². The number of hydrogen-bond donors (Lipinski definition) is 1. The fraction of sp³-hybridized carbons (Fsp3) is 0.227. The first kappa shape index (κ1) is 20.8. The number of rotatable bonds is 5. The number of carboxylic acid groups (broad SMARTS) is 1. The maximum Gasteiger partial charge on any atom is 0.310 e. The van der Waals surface area contributed by atoms with Crippen LogP contribution in [0.5, 0.6) is 5.75 Å². The van der Waals surface area contributed by atoms with Crippen LogP contribution in [-0.2, 0) is 14.6 Å². The van der Waals surface area contributed by atoms with Gasteiger partial charge >= 0.3 is 5.97 Å². The molecule has 0 aliphatic heterocycles. The van der Waals surface area contributed by atoms with Gasteiger partial charge in [0.25, 0.3) is 0 Å². The van der Waals surface area contributed by atoms with Crippen LogP contribution in [0.2, 0.25) is 0 Å². The molecular weight excluding hydrogens is 395 g/mol. The number of sulfone groups is 1. The fourth-order valence-corrected chi connectivity index (χ4v) is 4.18. The highest BCUT2D eigenvalue weighted by molar-refractivity contribution is 7.90. The van der Waals surface area contributed by atoms with Gasteiger partial charge in [-0.15, -0.1) is 0 Å². The summed E-state index contributed by atoms with van der Waals surface area (Å²) in [6.45, 7) is 3.39. The summed E-state index contributed by atoms with van der Waals surface area (Å²) in [5.74, 6) is -2.26. The molecule has 0 aromatic heterocycles. The predicted octanol–water partition coefficient (Wildman–Crippen LogP) is 4.29. The summed E-state index contributed by atoms with van der Waals surface area (Å²) >= 11 is 0. The molecule has 2 aromatic rings. The third-order valence-electron chi connectivity index (χ3n) is 5.10. The second-order valence-electron chi connectivity index (χ2n) is 7.03. The normalized spacial score (nSPS) is 16.1. The van der Waals surface area contributed by atoms with E-state index in [1.54, 1.807) is 32.1 Å². The van der Waals surface area contributed by atoms with E-state index in [1.807, 2.05) is 0 Å². The minimum atomic E-state index is -3.31. The molecule has 1 aliphatic carbocycles. The Bertz CT molecular complexity index is 1160. The van der Waals surface area contributed by atoms with Gasteiger partial charge in [0.2, 0.25) is 0 Å². The average molecular weight is 416 g/mol. The average Bonchev–Trinajstić information content (AvgIpc) is 2.91. The number of aliphatic carboxylic acids is 1. The van der Waals surface area contributed by atoms with Gasteiger partial charge in [0.15, 0.2) is 21.4 Å². The predicted molar refractivity (Wildman–Crippen MR) is 110 cm³/mol. The Kier molecular flexibility index (Phi) is 5.36. The fourth-order valence-electron chi connectivity index (χ4n) is 3.55. The second kappa shape index (κ2) is 7.48. The van der Waals surface area contributed by atoms with E-state index in [9.17, 15) is 22.7 Å². The van der Waals surface area contributed by atoms with Crippen LogP contribution in [0.25, 0.3) is 17.2 Å². The Balaban J connectivity index is 2.20. The van der Waals surface area contributed by atoms with E-state index in [2.05, 4.69) is 0 Å². The minimum Gasteiger partial charge on any atom is -0.494 e. The van der Waals surface area contributed by atoms with Crippen molar-refractivity contribution in [3.05, 3.63) is 64.5 Å². The first-order valence-electron chi connectivity index (χ1n) is 8.88. The van der Waals surface area contributed by atoms with Crippen LogP contribution < -0.4 is 4.74 Å². The molecule has 7 heteroatoms. The molecule has 5 nitrogen and oxygen atoms in total. The van der Waals surface area contributed by atoms with Crippen LogP contribution >= 0.6 is 0 Å². The lowest BCUT2D eigenvalue weighted by Gasteiger charge is -2.12. The van der Waals surface area contributed by atoms with Crippen molar-refractivity contribution in [3.63, 3.8) is 0 Å². The van der Waals surface area contributed by atoms with Gasteiger partial charge in [-0.1, -0.05) is 12.1 Å². The van der Waals surface area contributed by atoms with Crippen molar-refractivity contribution in [2.24, 2.45) is 5.92 Å². The lowest BCUT2D eigenvalue weighted by molar-refractivity contribution is -0.139. The molecule has 0 fully saturated rings. The Morgan fingerprint density at radius 1 is 1.17 bits per heavy atom. The van der Waals surface area contributed by atoms with Gasteiger partial charge in [-0.05, 0) is 77.6 Å². The van der Waals surface area contributed by atoms with Crippen molar-refractivity contribution in [1.29, 1.82) is 0 Å². The molecule has 3 rings (SSSR count). The number of hydrogen-bond acceptors (Lipinski definition) is 4. The summed E-state index contributed by atoms with van der Waals surface area (Å²) in [4.78, 5) is 11.8. The minimum absolute atomic E-state index is 0.0467. The second-order valence-corrected chi connectivity index (χ2v) is 9.05. The standard InChI is InChI=1S/C22H21FO5S/c1-12-16(9-14-5-7-15(8-6-14)29(4,26)27)17-10-19(23)20(28-3)11-18(17)21(12)13(2)22(24)25/h5-11,13H,1-4H3,(H,24,25). The molecule has 0 radical (unpaired) electrons. The van der Waals surface area contributed by atoms with Gasteiger partial charge in [-0.2, -0.15) is 0 Å². The van der Waals surface area contributed by atoms with Gasteiger partial charge in [0.1, 0.15) is 0 Å². The highest BCUT2D eigenvalue weighted by atomic mass is 32.2. The summed E-state index contributed by atoms with van der Waals surface area (Å²) in [6.07, 6.45) is 2.93. The van der Waals surface area contributed by atoms with E-state index in [1.165, 1.54) is 31.4 Å². The molecule has 0 amide bonds. The number of ether oxygens (including phenoxy) is 1. The van der Waals surface area contributed by atoms with E-state index in [0.29, 0.717) is 22.3 Å². The zero-order chi connectivity index (χ0) is 21.5. The Labute approximate surface area is 169 Å². The molecular formula is C22H21FO5S. The third kappa shape index (κ3) is 3.82. The molecule has 0 bridgehead atoms. The molecule has 29 heavy (non-hydrogen) atoms.